The molecule has 0 unspecified atom stereocenters. The van der Waals surface area contributed by atoms with Gasteiger partial charge in [0.05, 0.1) is 11.6 Å². The molecule has 3 heterocycles. The molecule has 0 saturated carbocycles. The Hall–Kier alpha value is -3.62. The first kappa shape index (κ1) is 25.0. The summed E-state index contributed by atoms with van der Waals surface area (Å²) in [4.78, 5) is 31.9. The number of aromatic amines is 1. The molecule has 1 atom stereocenters. The number of hydrogen-bond donors (Lipinski definition) is 3. The minimum Gasteiger partial charge on any atom is -0.761 e. The van der Waals surface area contributed by atoms with Gasteiger partial charge in [-0.3, -0.25) is 9.59 Å². The molecule has 4 aromatic rings. The standard InChI is InChI=1S/C29H31N4O3S/c34-28(10-5-20-11-14-33(15-12-20)24-8-6-23(32-36)7-9-24)27(31-29(35)21-13-16-37-19-21)17-22-18-30-26-4-2-1-3-25(22)26/h1-4,6-9,13,16,18-20,27,30,32H,5,10-12,14-15,17H2,(H,31,35)/q-1/t27-/m0/s1. The van der Waals surface area contributed by atoms with Crippen LogP contribution in [0.15, 0.2) is 71.6 Å². The number of fused-ring (bicyclic) bond motifs is 1. The summed E-state index contributed by atoms with van der Waals surface area (Å²) in [5.41, 5.74) is 6.24. The van der Waals surface area contributed by atoms with Gasteiger partial charge < -0.3 is 25.9 Å². The minimum absolute atomic E-state index is 0.0805. The van der Waals surface area contributed by atoms with Crippen molar-refractivity contribution >= 4 is 45.3 Å². The fraction of sp³-hybridized carbons (Fsp3) is 0.310. The monoisotopic (exact) mass is 515 g/mol. The van der Waals surface area contributed by atoms with Gasteiger partial charge in [-0.2, -0.15) is 11.3 Å². The quantitative estimate of drug-likeness (QED) is 0.234. The number of Topliss-reactive ketones (excluding diaryl/α,β-unsaturated/α-hetero) is 1. The average molecular weight is 516 g/mol. The molecule has 37 heavy (non-hydrogen) atoms. The number of H-pyrrole nitrogens is 1. The predicted octanol–water partition coefficient (Wildman–Crippen LogP) is 5.75. The summed E-state index contributed by atoms with van der Waals surface area (Å²) in [5.74, 6) is 0.354. The average Bonchev–Trinajstić information content (AvgIpc) is 3.63. The van der Waals surface area contributed by atoms with E-state index >= 15 is 0 Å². The highest BCUT2D eigenvalue weighted by atomic mass is 32.1. The maximum absolute atomic E-state index is 13.4. The minimum atomic E-state index is -0.570. The molecule has 0 bridgehead atoms. The number of benzene rings is 2. The van der Waals surface area contributed by atoms with E-state index < -0.39 is 6.04 Å². The third-order valence-corrected chi connectivity index (χ3v) is 8.02. The zero-order valence-corrected chi connectivity index (χ0v) is 21.4. The van der Waals surface area contributed by atoms with Crippen molar-refractivity contribution < 1.29 is 9.59 Å². The number of hydrogen-bond acceptors (Lipinski definition) is 6. The van der Waals surface area contributed by atoms with E-state index in [1.54, 1.807) is 23.6 Å². The molecule has 192 valence electrons. The number of aromatic nitrogens is 1. The summed E-state index contributed by atoms with van der Waals surface area (Å²) < 4.78 is 0. The predicted molar refractivity (Wildman–Crippen MR) is 150 cm³/mol. The molecular weight excluding hydrogens is 484 g/mol. The molecular formula is C29H31N4O3S-. The van der Waals surface area contributed by atoms with Crippen molar-refractivity contribution in [2.45, 2.75) is 38.1 Å². The second-order valence-corrected chi connectivity index (χ2v) is 10.5. The van der Waals surface area contributed by atoms with Crippen LogP contribution in [-0.4, -0.2) is 35.8 Å². The molecule has 7 nitrogen and oxygen atoms in total. The second kappa shape index (κ2) is 11.6. The van der Waals surface area contributed by atoms with Crippen molar-refractivity contribution in [3.05, 3.63) is 87.9 Å². The molecule has 1 saturated heterocycles. The van der Waals surface area contributed by atoms with Gasteiger partial charge in [0.2, 0.25) is 0 Å². The first-order valence-electron chi connectivity index (χ1n) is 12.7. The normalized spacial score (nSPS) is 15.0. The number of rotatable bonds is 10. The molecule has 2 aromatic heterocycles. The number of piperidine rings is 1. The highest BCUT2D eigenvalue weighted by Gasteiger charge is 2.26. The van der Waals surface area contributed by atoms with Crippen LogP contribution in [0.1, 0.15) is 41.6 Å². The van der Waals surface area contributed by atoms with Gasteiger partial charge in [0.15, 0.2) is 5.78 Å². The third kappa shape index (κ3) is 6.03. The lowest BCUT2D eigenvalue weighted by atomic mass is 9.89. The van der Waals surface area contributed by atoms with E-state index in [0.29, 0.717) is 30.0 Å². The van der Waals surface area contributed by atoms with Crippen LogP contribution in [0.2, 0.25) is 0 Å². The Balaban J connectivity index is 1.20. The number of amides is 1. The van der Waals surface area contributed by atoms with Crippen molar-refractivity contribution in [3.8, 4) is 0 Å². The summed E-state index contributed by atoms with van der Waals surface area (Å²) in [6.07, 6.45) is 5.71. The van der Waals surface area contributed by atoms with Gasteiger partial charge in [0.1, 0.15) is 0 Å². The summed E-state index contributed by atoms with van der Waals surface area (Å²) >= 11 is 1.47. The molecule has 3 N–H and O–H groups in total. The summed E-state index contributed by atoms with van der Waals surface area (Å²) in [7, 11) is 0. The van der Waals surface area contributed by atoms with E-state index in [9.17, 15) is 14.8 Å². The maximum Gasteiger partial charge on any atom is 0.252 e. The van der Waals surface area contributed by atoms with E-state index in [0.717, 1.165) is 54.5 Å². The van der Waals surface area contributed by atoms with Gasteiger partial charge in [-0.1, -0.05) is 18.2 Å². The van der Waals surface area contributed by atoms with Crippen molar-refractivity contribution in [1.29, 1.82) is 0 Å². The molecule has 0 spiro atoms. The number of para-hydroxylation sites is 1. The van der Waals surface area contributed by atoms with Crippen LogP contribution >= 0.6 is 11.3 Å². The number of carbonyl (C=O) groups is 2. The van der Waals surface area contributed by atoms with Gasteiger partial charge in [-0.05, 0) is 72.5 Å². The SMILES string of the molecule is O=C(N[C@@H](Cc1c[nH]c2ccccc12)C(=O)CCC1CCN(c2ccc(N[O-])cc2)CC1)c1ccsc1. The van der Waals surface area contributed by atoms with Crippen molar-refractivity contribution in [1.82, 2.24) is 10.3 Å². The Kier molecular flexibility index (Phi) is 7.87. The van der Waals surface area contributed by atoms with Crippen LogP contribution in [-0.2, 0) is 11.2 Å². The zero-order chi connectivity index (χ0) is 25.6. The summed E-state index contributed by atoms with van der Waals surface area (Å²) in [6.45, 7) is 1.85. The zero-order valence-electron chi connectivity index (χ0n) is 20.6. The topological polar surface area (TPSA) is 100 Å². The van der Waals surface area contributed by atoms with Crippen molar-refractivity contribution in [2.75, 3.05) is 23.5 Å². The Bertz CT molecular complexity index is 1320. The molecule has 1 amide bonds. The number of ketones is 1. The molecule has 2 aromatic carbocycles. The van der Waals surface area contributed by atoms with E-state index in [4.69, 9.17) is 0 Å². The largest absolute Gasteiger partial charge is 0.761 e. The fourth-order valence-electron chi connectivity index (χ4n) is 5.14. The lowest BCUT2D eigenvalue weighted by Gasteiger charge is -2.34. The van der Waals surface area contributed by atoms with Crippen molar-refractivity contribution in [2.24, 2.45) is 5.92 Å². The van der Waals surface area contributed by atoms with Gasteiger partial charge in [-0.25, -0.2) is 0 Å². The smallest absolute Gasteiger partial charge is 0.252 e. The second-order valence-electron chi connectivity index (χ2n) is 9.69. The van der Waals surface area contributed by atoms with Crippen LogP contribution in [0, 0.1) is 11.1 Å². The molecule has 5 rings (SSSR count). The number of anilines is 2. The van der Waals surface area contributed by atoms with Gasteiger partial charge in [0, 0.05) is 59.8 Å². The highest BCUT2D eigenvalue weighted by Crippen LogP contribution is 2.28. The molecule has 0 radical (unpaired) electrons. The summed E-state index contributed by atoms with van der Waals surface area (Å²) in [6, 6.07) is 16.8. The number of nitrogens with zero attached hydrogens (tertiary/aromatic N) is 1. The van der Waals surface area contributed by atoms with Gasteiger partial charge >= 0.3 is 0 Å². The first-order chi connectivity index (χ1) is 18.1. The summed E-state index contributed by atoms with van der Waals surface area (Å²) in [5, 5.41) is 18.6. The molecule has 0 aliphatic carbocycles. The van der Waals surface area contributed by atoms with E-state index in [-0.39, 0.29) is 11.7 Å². The number of thiophene rings is 1. The Morgan fingerprint density at radius 1 is 1.08 bits per heavy atom. The fourth-order valence-corrected chi connectivity index (χ4v) is 5.78. The first-order valence-corrected chi connectivity index (χ1v) is 13.7. The van der Waals surface area contributed by atoms with Crippen molar-refractivity contribution in [3.63, 3.8) is 0 Å². The third-order valence-electron chi connectivity index (χ3n) is 7.34. The lowest BCUT2D eigenvalue weighted by molar-refractivity contribution is -0.121. The van der Waals surface area contributed by atoms with E-state index in [1.807, 2.05) is 53.5 Å². The molecule has 8 heteroatoms. The number of nitrogens with one attached hydrogen (secondary N) is 3. The van der Waals surface area contributed by atoms with Crippen LogP contribution in [0.3, 0.4) is 0 Å². The molecule has 1 fully saturated rings. The Morgan fingerprint density at radius 2 is 1.86 bits per heavy atom. The molecule has 1 aliphatic heterocycles. The Labute approximate surface area is 220 Å². The van der Waals surface area contributed by atoms with Gasteiger partial charge in [-0.15, -0.1) is 0 Å². The van der Waals surface area contributed by atoms with E-state index in [1.165, 1.54) is 11.3 Å². The van der Waals surface area contributed by atoms with Crippen LogP contribution < -0.4 is 15.7 Å². The van der Waals surface area contributed by atoms with Crippen LogP contribution in [0.25, 0.3) is 10.9 Å². The maximum atomic E-state index is 13.4. The van der Waals surface area contributed by atoms with Crippen LogP contribution in [0.4, 0.5) is 11.4 Å². The Morgan fingerprint density at radius 3 is 2.59 bits per heavy atom. The lowest BCUT2D eigenvalue weighted by Crippen LogP contribution is -2.42. The van der Waals surface area contributed by atoms with E-state index in [2.05, 4.69) is 15.2 Å². The highest BCUT2D eigenvalue weighted by molar-refractivity contribution is 7.08. The molecule has 1 aliphatic rings. The van der Waals surface area contributed by atoms with Gasteiger partial charge in [0.25, 0.3) is 5.91 Å². The van der Waals surface area contributed by atoms with Crippen LogP contribution in [0.5, 0.6) is 0 Å². The number of carbonyl (C=O) groups excluding carboxylic acids is 2.